The molecule has 0 aliphatic rings. The summed E-state index contributed by atoms with van der Waals surface area (Å²) >= 11 is 0. The van der Waals surface area contributed by atoms with E-state index < -0.39 is 5.97 Å². The van der Waals surface area contributed by atoms with Crippen LogP contribution in [0.5, 0.6) is 0 Å². The Labute approximate surface area is 116 Å². The summed E-state index contributed by atoms with van der Waals surface area (Å²) in [7, 11) is 0. The third kappa shape index (κ3) is 6.23. The van der Waals surface area contributed by atoms with Crippen LogP contribution < -0.4 is 0 Å². The molecule has 1 N–H and O–H groups in total. The van der Waals surface area contributed by atoms with Crippen LogP contribution in [0, 0.1) is 0 Å². The van der Waals surface area contributed by atoms with Gasteiger partial charge in [-0.2, -0.15) is 0 Å². The molecule has 104 valence electrons. The van der Waals surface area contributed by atoms with Gasteiger partial charge in [-0.15, -0.1) is 0 Å². The smallest absolute Gasteiger partial charge is 0.328 e. The first-order chi connectivity index (χ1) is 9.13. The van der Waals surface area contributed by atoms with Gasteiger partial charge in [-0.3, -0.25) is 0 Å². The van der Waals surface area contributed by atoms with Crippen LogP contribution in [0.15, 0.2) is 30.3 Å². The molecule has 1 aromatic carbocycles. The molecule has 0 aliphatic carbocycles. The van der Waals surface area contributed by atoms with E-state index in [9.17, 15) is 4.79 Å². The summed E-state index contributed by atoms with van der Waals surface area (Å²) in [5, 5.41) is 8.71. The van der Waals surface area contributed by atoms with Crippen molar-refractivity contribution in [3.63, 3.8) is 0 Å². The molecule has 0 saturated heterocycles. The second kappa shape index (κ2) is 8.52. The monoisotopic (exact) mass is 260 g/mol. The molecule has 19 heavy (non-hydrogen) atoms. The second-order valence-electron chi connectivity index (χ2n) is 5.03. The molecule has 2 nitrogen and oxygen atoms in total. The van der Waals surface area contributed by atoms with Crippen LogP contribution in [0.25, 0.3) is 5.57 Å². The van der Waals surface area contributed by atoms with E-state index in [1.54, 1.807) is 0 Å². The SMILES string of the molecule is CCCCCCCc1ccc(/C(C)=C/C(=O)O)cc1. The Balaban J connectivity index is 2.45. The minimum Gasteiger partial charge on any atom is -0.478 e. The fourth-order valence-electron chi connectivity index (χ4n) is 2.14. The van der Waals surface area contributed by atoms with Crippen LogP contribution in [-0.4, -0.2) is 11.1 Å². The van der Waals surface area contributed by atoms with E-state index in [0.29, 0.717) is 0 Å². The predicted octanol–water partition coefficient (Wildman–Crippen LogP) is 4.69. The first kappa shape index (κ1) is 15.5. The molecule has 0 spiro atoms. The summed E-state index contributed by atoms with van der Waals surface area (Å²) in [6.45, 7) is 4.06. The molecule has 0 aromatic heterocycles. The molecule has 0 saturated carbocycles. The molecule has 0 atom stereocenters. The zero-order valence-electron chi connectivity index (χ0n) is 12.0. The molecule has 0 aliphatic heterocycles. The number of aryl methyl sites for hydroxylation is 1. The Morgan fingerprint density at radius 3 is 2.32 bits per heavy atom. The average molecular weight is 260 g/mol. The summed E-state index contributed by atoms with van der Waals surface area (Å²) in [4.78, 5) is 10.6. The van der Waals surface area contributed by atoms with E-state index >= 15 is 0 Å². The number of benzene rings is 1. The Hall–Kier alpha value is -1.57. The molecule has 0 amide bonds. The molecule has 0 bridgehead atoms. The van der Waals surface area contributed by atoms with Crippen molar-refractivity contribution < 1.29 is 9.90 Å². The molecular weight excluding hydrogens is 236 g/mol. The van der Waals surface area contributed by atoms with Crippen LogP contribution in [0.2, 0.25) is 0 Å². The molecule has 0 unspecified atom stereocenters. The maximum absolute atomic E-state index is 10.6. The van der Waals surface area contributed by atoms with Gasteiger partial charge in [0, 0.05) is 6.08 Å². The van der Waals surface area contributed by atoms with Gasteiger partial charge in [0.25, 0.3) is 0 Å². The zero-order chi connectivity index (χ0) is 14.1. The van der Waals surface area contributed by atoms with Gasteiger partial charge < -0.3 is 5.11 Å². The van der Waals surface area contributed by atoms with Crippen LogP contribution in [0.4, 0.5) is 0 Å². The van der Waals surface area contributed by atoms with Crippen LogP contribution in [0.3, 0.4) is 0 Å². The van der Waals surface area contributed by atoms with E-state index in [1.165, 1.54) is 43.7 Å². The fraction of sp³-hybridized carbons (Fsp3) is 0.471. The highest BCUT2D eigenvalue weighted by Gasteiger charge is 1.99. The van der Waals surface area contributed by atoms with E-state index in [0.717, 1.165) is 17.6 Å². The quantitative estimate of drug-likeness (QED) is 0.544. The van der Waals surface area contributed by atoms with Crippen molar-refractivity contribution in [1.82, 2.24) is 0 Å². The number of aliphatic carboxylic acids is 1. The van der Waals surface area contributed by atoms with Gasteiger partial charge in [0.2, 0.25) is 0 Å². The Kier molecular flexibility index (Phi) is 6.94. The first-order valence-corrected chi connectivity index (χ1v) is 7.14. The lowest BCUT2D eigenvalue weighted by Gasteiger charge is -2.04. The minimum absolute atomic E-state index is 0.794. The lowest BCUT2D eigenvalue weighted by Crippen LogP contribution is -1.91. The van der Waals surface area contributed by atoms with Crippen LogP contribution in [0.1, 0.15) is 57.1 Å². The summed E-state index contributed by atoms with van der Waals surface area (Å²) in [6, 6.07) is 8.23. The number of hydrogen-bond donors (Lipinski definition) is 1. The maximum Gasteiger partial charge on any atom is 0.328 e. The Bertz CT molecular complexity index is 415. The maximum atomic E-state index is 10.6. The summed E-state index contributed by atoms with van der Waals surface area (Å²) in [5.41, 5.74) is 3.11. The van der Waals surface area contributed by atoms with E-state index in [4.69, 9.17) is 5.11 Å². The highest BCUT2D eigenvalue weighted by atomic mass is 16.4. The first-order valence-electron chi connectivity index (χ1n) is 7.14. The Morgan fingerprint density at radius 2 is 1.74 bits per heavy atom. The number of unbranched alkanes of at least 4 members (excludes halogenated alkanes) is 4. The van der Waals surface area contributed by atoms with Crippen LogP contribution in [-0.2, 0) is 11.2 Å². The lowest BCUT2D eigenvalue weighted by molar-refractivity contribution is -0.131. The van der Waals surface area contributed by atoms with Gasteiger partial charge in [0.15, 0.2) is 0 Å². The van der Waals surface area contributed by atoms with Crippen molar-refractivity contribution in [3.8, 4) is 0 Å². The number of allylic oxidation sites excluding steroid dienone is 1. The third-order valence-corrected chi connectivity index (χ3v) is 3.32. The van der Waals surface area contributed by atoms with Crippen molar-refractivity contribution in [3.05, 3.63) is 41.5 Å². The summed E-state index contributed by atoms with van der Waals surface area (Å²) < 4.78 is 0. The molecule has 2 heteroatoms. The number of hydrogen-bond acceptors (Lipinski definition) is 1. The van der Waals surface area contributed by atoms with Crippen molar-refractivity contribution in [2.45, 2.75) is 52.4 Å². The topological polar surface area (TPSA) is 37.3 Å². The standard InChI is InChI=1S/C17H24O2/c1-3-4-5-6-7-8-15-9-11-16(12-10-15)14(2)13-17(18)19/h9-13H,3-8H2,1-2H3,(H,18,19)/b14-13+. The number of carboxylic acids is 1. The zero-order valence-corrected chi connectivity index (χ0v) is 12.0. The van der Waals surface area contributed by atoms with Crippen molar-refractivity contribution in [2.24, 2.45) is 0 Å². The van der Waals surface area contributed by atoms with Crippen LogP contribution >= 0.6 is 0 Å². The summed E-state index contributed by atoms with van der Waals surface area (Å²) in [5.74, 6) is -0.891. The fourth-order valence-corrected chi connectivity index (χ4v) is 2.14. The van der Waals surface area contributed by atoms with E-state index in [-0.39, 0.29) is 0 Å². The molecular formula is C17H24O2. The normalized spacial score (nSPS) is 11.6. The number of carbonyl (C=O) groups is 1. The summed E-state index contributed by atoms with van der Waals surface area (Å²) in [6.07, 6.45) is 8.85. The van der Waals surface area contributed by atoms with Gasteiger partial charge >= 0.3 is 5.97 Å². The highest BCUT2D eigenvalue weighted by molar-refractivity contribution is 5.89. The van der Waals surface area contributed by atoms with Crippen molar-refractivity contribution >= 4 is 11.5 Å². The van der Waals surface area contributed by atoms with E-state index in [1.807, 2.05) is 19.1 Å². The number of rotatable bonds is 8. The molecule has 0 radical (unpaired) electrons. The average Bonchev–Trinajstić information content (AvgIpc) is 2.38. The number of carboxylic acid groups (broad SMARTS) is 1. The molecule has 1 aromatic rings. The largest absolute Gasteiger partial charge is 0.478 e. The van der Waals surface area contributed by atoms with E-state index in [2.05, 4.69) is 19.1 Å². The van der Waals surface area contributed by atoms with Gasteiger partial charge in [-0.05, 0) is 36.5 Å². The second-order valence-corrected chi connectivity index (χ2v) is 5.03. The predicted molar refractivity (Wildman–Crippen MR) is 80.2 cm³/mol. The van der Waals surface area contributed by atoms with Gasteiger partial charge in [0.05, 0.1) is 0 Å². The highest BCUT2D eigenvalue weighted by Crippen LogP contribution is 2.16. The van der Waals surface area contributed by atoms with Gasteiger partial charge in [-0.25, -0.2) is 4.79 Å². The minimum atomic E-state index is -0.891. The molecule has 0 heterocycles. The van der Waals surface area contributed by atoms with Gasteiger partial charge in [-0.1, -0.05) is 56.9 Å². The molecule has 0 fully saturated rings. The van der Waals surface area contributed by atoms with Crippen molar-refractivity contribution in [1.29, 1.82) is 0 Å². The third-order valence-electron chi connectivity index (χ3n) is 3.32. The van der Waals surface area contributed by atoms with Crippen molar-refractivity contribution in [2.75, 3.05) is 0 Å². The molecule has 1 rings (SSSR count). The van der Waals surface area contributed by atoms with Gasteiger partial charge in [0.1, 0.15) is 0 Å². The lowest BCUT2D eigenvalue weighted by atomic mass is 10.0. The Morgan fingerprint density at radius 1 is 1.11 bits per heavy atom.